The highest BCUT2D eigenvalue weighted by molar-refractivity contribution is 5.71. The van der Waals surface area contributed by atoms with Gasteiger partial charge in [-0.3, -0.25) is 14.4 Å². The molecule has 0 saturated heterocycles. The number of ether oxygens (including phenoxy) is 3. The Morgan fingerprint density at radius 2 is 0.971 bits per heavy atom. The van der Waals surface area contributed by atoms with Crippen molar-refractivity contribution in [2.24, 2.45) is 0 Å². The predicted molar refractivity (Wildman–Crippen MR) is 140 cm³/mol. The molecule has 0 amide bonds. The molecule has 0 aliphatic heterocycles. The first-order valence-corrected chi connectivity index (χ1v) is 14.0. The third kappa shape index (κ3) is 23.9. The highest BCUT2D eigenvalue weighted by atomic mass is 16.6. The van der Waals surface area contributed by atoms with Gasteiger partial charge in [-0.1, -0.05) is 90.9 Å². The smallest absolute Gasteiger partial charge is 0.307 e. The summed E-state index contributed by atoms with van der Waals surface area (Å²) in [6, 6.07) is 0. The summed E-state index contributed by atoms with van der Waals surface area (Å²) < 4.78 is 16.1. The van der Waals surface area contributed by atoms with Crippen LogP contribution in [0.4, 0.5) is 0 Å². The maximum atomic E-state index is 12.3. The van der Waals surface area contributed by atoms with Crippen LogP contribution in [0.2, 0.25) is 0 Å². The van der Waals surface area contributed by atoms with E-state index < -0.39 is 6.10 Å². The summed E-state index contributed by atoms with van der Waals surface area (Å²) in [5.41, 5.74) is 0. The number of rotatable bonds is 24. The number of unbranched alkanes of at least 4 members (excludes halogenated alkanes) is 12. The van der Waals surface area contributed by atoms with Crippen molar-refractivity contribution in [1.82, 2.24) is 4.90 Å². The Kier molecular flexibility index (Phi) is 23.0. The molecule has 0 aliphatic rings. The molecule has 0 saturated carbocycles. The number of hydrogen-bond donors (Lipinski definition) is 0. The van der Waals surface area contributed by atoms with E-state index in [9.17, 15) is 14.4 Å². The summed E-state index contributed by atoms with van der Waals surface area (Å²) >= 11 is 0. The minimum atomic E-state index is -0.770. The molecule has 0 heterocycles. The molecule has 0 radical (unpaired) electrons. The van der Waals surface area contributed by atoms with Crippen molar-refractivity contribution in [3.8, 4) is 0 Å². The van der Waals surface area contributed by atoms with Gasteiger partial charge in [-0.15, -0.1) is 0 Å². The highest BCUT2D eigenvalue weighted by Crippen LogP contribution is 2.11. The zero-order valence-corrected chi connectivity index (χ0v) is 23.1. The standard InChI is InChI=1S/C28H53NO6/c1-5-7-9-11-13-15-17-19-26(30)33-23-25(24-34-27(31)21-22-29(3)4)35-28(32)20-18-16-14-12-10-8-6-2/h25H,5-24H2,1-4H3/t25-/m1/s1. The van der Waals surface area contributed by atoms with Crippen LogP contribution in [0.1, 0.15) is 123 Å². The molecule has 7 nitrogen and oxygen atoms in total. The molecular weight excluding hydrogens is 446 g/mol. The molecule has 0 aromatic rings. The molecule has 0 aromatic carbocycles. The lowest BCUT2D eigenvalue weighted by atomic mass is 10.1. The summed E-state index contributed by atoms with van der Waals surface area (Å²) in [6.07, 6.45) is 15.9. The van der Waals surface area contributed by atoms with Crippen LogP contribution >= 0.6 is 0 Å². The molecule has 0 aliphatic carbocycles. The number of nitrogens with zero attached hydrogens (tertiary/aromatic N) is 1. The van der Waals surface area contributed by atoms with Crippen LogP contribution in [0.5, 0.6) is 0 Å². The lowest BCUT2D eigenvalue weighted by molar-refractivity contribution is -0.167. The summed E-state index contributed by atoms with van der Waals surface area (Å²) in [6.45, 7) is 4.79. The summed E-state index contributed by atoms with van der Waals surface area (Å²) in [7, 11) is 3.76. The Morgan fingerprint density at radius 3 is 1.43 bits per heavy atom. The lowest BCUT2D eigenvalue weighted by Crippen LogP contribution is -2.31. The molecule has 0 fully saturated rings. The highest BCUT2D eigenvalue weighted by Gasteiger charge is 2.19. The molecule has 206 valence electrons. The Morgan fingerprint density at radius 1 is 0.571 bits per heavy atom. The van der Waals surface area contributed by atoms with E-state index in [1.165, 1.54) is 51.4 Å². The molecule has 0 unspecified atom stereocenters. The van der Waals surface area contributed by atoms with Crippen LogP contribution in [0.15, 0.2) is 0 Å². The van der Waals surface area contributed by atoms with Crippen LogP contribution in [0.25, 0.3) is 0 Å². The first kappa shape index (κ1) is 33.4. The Labute approximate surface area is 214 Å². The van der Waals surface area contributed by atoms with Gasteiger partial charge in [0.2, 0.25) is 0 Å². The van der Waals surface area contributed by atoms with Crippen molar-refractivity contribution >= 4 is 17.9 Å². The van der Waals surface area contributed by atoms with Gasteiger partial charge < -0.3 is 19.1 Å². The van der Waals surface area contributed by atoms with Crippen LogP contribution in [0, 0.1) is 0 Å². The molecule has 1 atom stereocenters. The van der Waals surface area contributed by atoms with Gasteiger partial charge in [0.25, 0.3) is 0 Å². The fourth-order valence-corrected chi connectivity index (χ4v) is 3.64. The first-order valence-electron chi connectivity index (χ1n) is 14.0. The number of esters is 3. The van der Waals surface area contributed by atoms with E-state index in [2.05, 4.69) is 13.8 Å². The fourth-order valence-electron chi connectivity index (χ4n) is 3.64. The van der Waals surface area contributed by atoms with Crippen molar-refractivity contribution in [2.45, 2.75) is 129 Å². The van der Waals surface area contributed by atoms with Gasteiger partial charge in [0.15, 0.2) is 6.10 Å². The minimum Gasteiger partial charge on any atom is -0.462 e. The average molecular weight is 500 g/mol. The van der Waals surface area contributed by atoms with E-state index >= 15 is 0 Å². The maximum Gasteiger partial charge on any atom is 0.307 e. The van der Waals surface area contributed by atoms with Crippen LogP contribution in [-0.4, -0.2) is 62.8 Å². The summed E-state index contributed by atoms with van der Waals surface area (Å²) in [5, 5.41) is 0. The number of hydrogen-bond acceptors (Lipinski definition) is 7. The largest absolute Gasteiger partial charge is 0.462 e. The average Bonchev–Trinajstić information content (AvgIpc) is 2.83. The van der Waals surface area contributed by atoms with Crippen molar-refractivity contribution in [1.29, 1.82) is 0 Å². The predicted octanol–water partition coefficient (Wildman–Crippen LogP) is 6.22. The number of carbonyl (C=O) groups is 3. The number of carbonyl (C=O) groups excluding carboxylic acids is 3. The van der Waals surface area contributed by atoms with E-state index in [0.29, 0.717) is 19.4 Å². The van der Waals surface area contributed by atoms with Crippen molar-refractivity contribution < 1.29 is 28.6 Å². The van der Waals surface area contributed by atoms with Gasteiger partial charge in [0.1, 0.15) is 13.2 Å². The van der Waals surface area contributed by atoms with Gasteiger partial charge in [-0.25, -0.2) is 0 Å². The molecule has 0 N–H and O–H groups in total. The monoisotopic (exact) mass is 499 g/mol. The van der Waals surface area contributed by atoms with E-state index in [1.807, 2.05) is 19.0 Å². The lowest BCUT2D eigenvalue weighted by Gasteiger charge is -2.18. The third-order valence-electron chi connectivity index (χ3n) is 5.89. The Balaban J connectivity index is 4.34. The van der Waals surface area contributed by atoms with Crippen LogP contribution < -0.4 is 0 Å². The maximum absolute atomic E-state index is 12.3. The van der Waals surface area contributed by atoms with Gasteiger partial charge in [0, 0.05) is 19.4 Å². The second-order valence-corrected chi connectivity index (χ2v) is 9.77. The van der Waals surface area contributed by atoms with Crippen LogP contribution in [0.3, 0.4) is 0 Å². The molecular formula is C28H53NO6. The van der Waals surface area contributed by atoms with Gasteiger partial charge in [-0.05, 0) is 26.9 Å². The molecule has 0 spiro atoms. The second-order valence-electron chi connectivity index (χ2n) is 9.77. The SMILES string of the molecule is CCCCCCCCCC(=O)OC[C@H](COC(=O)CCN(C)C)OC(=O)CCCCCCCCC. The minimum absolute atomic E-state index is 0.0843. The first-order chi connectivity index (χ1) is 16.9. The van der Waals surface area contributed by atoms with E-state index in [0.717, 1.165) is 38.5 Å². The van der Waals surface area contributed by atoms with Crippen molar-refractivity contribution in [3.63, 3.8) is 0 Å². The van der Waals surface area contributed by atoms with E-state index in [4.69, 9.17) is 14.2 Å². The summed E-state index contributed by atoms with van der Waals surface area (Å²) in [4.78, 5) is 38.3. The van der Waals surface area contributed by atoms with Gasteiger partial charge in [0.05, 0.1) is 6.42 Å². The van der Waals surface area contributed by atoms with E-state index in [-0.39, 0.29) is 37.5 Å². The second kappa shape index (κ2) is 24.1. The quantitative estimate of drug-likeness (QED) is 0.0886. The van der Waals surface area contributed by atoms with Gasteiger partial charge in [-0.2, -0.15) is 0 Å². The van der Waals surface area contributed by atoms with Crippen molar-refractivity contribution in [3.05, 3.63) is 0 Å². The Bertz CT molecular complexity index is 538. The van der Waals surface area contributed by atoms with Gasteiger partial charge >= 0.3 is 17.9 Å². The van der Waals surface area contributed by atoms with Crippen molar-refractivity contribution in [2.75, 3.05) is 33.9 Å². The molecule has 0 bridgehead atoms. The third-order valence-corrected chi connectivity index (χ3v) is 5.89. The molecule has 0 rings (SSSR count). The van der Waals surface area contributed by atoms with E-state index in [1.54, 1.807) is 0 Å². The fraction of sp³-hybridized carbons (Fsp3) is 0.893. The topological polar surface area (TPSA) is 82.1 Å². The Hall–Kier alpha value is -1.63. The molecule has 7 heteroatoms. The summed E-state index contributed by atoms with van der Waals surface area (Å²) in [5.74, 6) is -0.997. The zero-order chi connectivity index (χ0) is 26.2. The molecule has 0 aromatic heterocycles. The zero-order valence-electron chi connectivity index (χ0n) is 23.1. The molecule has 35 heavy (non-hydrogen) atoms. The van der Waals surface area contributed by atoms with Crippen LogP contribution in [-0.2, 0) is 28.6 Å². The normalized spacial score (nSPS) is 11.9.